The van der Waals surface area contributed by atoms with E-state index in [9.17, 15) is 14.4 Å². The number of carbonyl (C=O) groups excluding carboxylic acids is 3. The molecule has 7 atom stereocenters. The van der Waals surface area contributed by atoms with E-state index in [4.69, 9.17) is 4.74 Å². The van der Waals surface area contributed by atoms with Crippen LogP contribution in [0.3, 0.4) is 0 Å². The predicted molar refractivity (Wildman–Crippen MR) is 112 cm³/mol. The molecule has 1 heterocycles. The Balaban J connectivity index is 1.56. The third-order valence-electron chi connectivity index (χ3n) is 9.61. The molecule has 5 aliphatic rings. The van der Waals surface area contributed by atoms with Gasteiger partial charge in [-0.25, -0.2) is 0 Å². The topological polar surface area (TPSA) is 60.4 Å². The predicted octanol–water partition coefficient (Wildman–Crippen LogP) is 4.85. The van der Waals surface area contributed by atoms with E-state index < -0.39 is 0 Å². The first-order valence-corrected chi connectivity index (χ1v) is 12.2. The Morgan fingerprint density at radius 3 is 2.52 bits per heavy atom. The van der Waals surface area contributed by atoms with Crippen molar-refractivity contribution < 1.29 is 19.1 Å². The maximum atomic E-state index is 12.2. The van der Waals surface area contributed by atoms with E-state index in [0.29, 0.717) is 30.6 Å². The number of hydrogen-bond acceptors (Lipinski definition) is 5. The zero-order valence-corrected chi connectivity index (χ0v) is 18.6. The van der Waals surface area contributed by atoms with Crippen LogP contribution in [-0.4, -0.2) is 27.7 Å². The maximum Gasteiger partial charge on any atom is 0.306 e. The van der Waals surface area contributed by atoms with Crippen molar-refractivity contribution in [3.8, 4) is 0 Å². The molecule has 0 aromatic carbocycles. The van der Waals surface area contributed by atoms with Gasteiger partial charge in [-0.15, -0.1) is 0 Å². The third-order valence-corrected chi connectivity index (χ3v) is 10.7. The number of rotatable bonds is 1. The van der Waals surface area contributed by atoms with Crippen LogP contribution in [0.1, 0.15) is 78.6 Å². The van der Waals surface area contributed by atoms with E-state index in [2.05, 4.69) is 13.8 Å². The highest BCUT2D eigenvalue weighted by molar-refractivity contribution is 8.14. The number of ether oxygens (including phenoxy) is 1. The van der Waals surface area contributed by atoms with Gasteiger partial charge in [0.15, 0.2) is 10.9 Å². The van der Waals surface area contributed by atoms with E-state index in [1.165, 1.54) is 17.3 Å². The average molecular weight is 417 g/mol. The summed E-state index contributed by atoms with van der Waals surface area (Å²) >= 11 is 1.50. The number of esters is 1. The van der Waals surface area contributed by atoms with E-state index in [-0.39, 0.29) is 38.5 Å². The molecule has 0 aromatic heterocycles. The first kappa shape index (κ1) is 19.8. The summed E-state index contributed by atoms with van der Waals surface area (Å²) < 4.78 is 6.06. The largest absolute Gasteiger partial charge is 0.458 e. The molecule has 6 unspecified atom stereocenters. The highest BCUT2D eigenvalue weighted by Gasteiger charge is 2.68. The van der Waals surface area contributed by atoms with Gasteiger partial charge in [0.1, 0.15) is 5.60 Å². The number of thioether (sulfide) groups is 1. The van der Waals surface area contributed by atoms with Crippen LogP contribution in [0.15, 0.2) is 11.6 Å². The molecular weight excluding hydrogens is 384 g/mol. The van der Waals surface area contributed by atoms with E-state index in [1.54, 1.807) is 6.92 Å². The third kappa shape index (κ3) is 2.68. The highest BCUT2D eigenvalue weighted by Crippen LogP contribution is 2.70. The molecule has 0 bridgehead atoms. The normalized spacial score (nSPS) is 48.6. The Labute approximate surface area is 177 Å². The minimum absolute atomic E-state index is 0.0119. The molecule has 1 spiro atoms. The van der Waals surface area contributed by atoms with Crippen LogP contribution in [0.4, 0.5) is 0 Å². The molecule has 5 rings (SSSR count). The quantitative estimate of drug-likeness (QED) is 0.572. The number of fused-ring (bicyclic) bond motifs is 6. The van der Waals surface area contributed by atoms with Crippen LogP contribution >= 0.6 is 11.8 Å². The van der Waals surface area contributed by atoms with Gasteiger partial charge in [0, 0.05) is 30.4 Å². The summed E-state index contributed by atoms with van der Waals surface area (Å²) in [6.45, 7) is 6.42. The van der Waals surface area contributed by atoms with Crippen LogP contribution in [-0.2, 0) is 19.1 Å². The van der Waals surface area contributed by atoms with Gasteiger partial charge in [-0.2, -0.15) is 0 Å². The molecule has 0 aromatic rings. The lowest BCUT2D eigenvalue weighted by Crippen LogP contribution is -2.57. The Morgan fingerprint density at radius 2 is 1.83 bits per heavy atom. The van der Waals surface area contributed by atoms with Gasteiger partial charge < -0.3 is 4.74 Å². The van der Waals surface area contributed by atoms with Crippen molar-refractivity contribution in [2.24, 2.45) is 28.6 Å². The van der Waals surface area contributed by atoms with Crippen molar-refractivity contribution in [3.05, 3.63) is 11.6 Å². The molecule has 0 radical (unpaired) electrons. The molecular formula is C24H32O4S. The smallest absolute Gasteiger partial charge is 0.306 e. The van der Waals surface area contributed by atoms with Gasteiger partial charge in [-0.1, -0.05) is 31.2 Å². The van der Waals surface area contributed by atoms with Gasteiger partial charge in [0.25, 0.3) is 0 Å². The van der Waals surface area contributed by atoms with Crippen molar-refractivity contribution in [2.45, 2.75) is 89.4 Å². The molecule has 4 nitrogen and oxygen atoms in total. The fourth-order valence-electron chi connectivity index (χ4n) is 8.13. The van der Waals surface area contributed by atoms with Crippen molar-refractivity contribution in [1.29, 1.82) is 0 Å². The average Bonchev–Trinajstić information content (AvgIpc) is 3.17. The molecule has 4 fully saturated rings. The van der Waals surface area contributed by atoms with Gasteiger partial charge in [0.05, 0.1) is 0 Å². The summed E-state index contributed by atoms with van der Waals surface area (Å²) in [5.74, 6) is 1.67. The molecule has 0 N–H and O–H groups in total. The number of ketones is 1. The highest BCUT2D eigenvalue weighted by atomic mass is 32.2. The maximum absolute atomic E-state index is 12.2. The molecule has 4 aliphatic carbocycles. The SMILES string of the molecule is CC(=O)S[C@@H]1CC2=CC(=O)CCC2(C)C2CCC3(C)C(CCC34CCC(=O)O4)C21. The molecule has 0 amide bonds. The second-order valence-electron chi connectivity index (χ2n) is 10.7. The van der Waals surface area contributed by atoms with Gasteiger partial charge >= 0.3 is 5.97 Å². The summed E-state index contributed by atoms with van der Waals surface area (Å²) in [6, 6.07) is 0. The minimum Gasteiger partial charge on any atom is -0.458 e. The van der Waals surface area contributed by atoms with Crippen molar-refractivity contribution in [2.75, 3.05) is 0 Å². The number of carbonyl (C=O) groups is 3. The first-order valence-electron chi connectivity index (χ1n) is 11.3. The summed E-state index contributed by atoms with van der Waals surface area (Å²) in [6.07, 6.45) is 10.0. The Bertz CT molecular complexity index is 818. The van der Waals surface area contributed by atoms with Crippen molar-refractivity contribution in [3.63, 3.8) is 0 Å². The molecule has 1 aliphatic heterocycles. The van der Waals surface area contributed by atoms with Crippen molar-refractivity contribution >= 4 is 28.6 Å². The monoisotopic (exact) mass is 416 g/mol. The van der Waals surface area contributed by atoms with Crippen LogP contribution in [0.25, 0.3) is 0 Å². The minimum atomic E-state index is -0.287. The summed E-state index contributed by atoms with van der Waals surface area (Å²) in [4.78, 5) is 36.4. The Morgan fingerprint density at radius 1 is 1.07 bits per heavy atom. The summed E-state index contributed by atoms with van der Waals surface area (Å²) in [7, 11) is 0. The second-order valence-corrected chi connectivity index (χ2v) is 12.1. The lowest BCUT2D eigenvalue weighted by molar-refractivity contribution is -0.167. The lowest BCUT2D eigenvalue weighted by atomic mass is 9.46. The number of allylic oxidation sites excluding steroid dienone is 1. The zero-order valence-electron chi connectivity index (χ0n) is 17.8. The summed E-state index contributed by atoms with van der Waals surface area (Å²) in [5, 5.41) is 0.409. The first-order chi connectivity index (χ1) is 13.7. The molecule has 1 saturated heterocycles. The Kier molecular flexibility index (Phi) is 4.41. The zero-order chi connectivity index (χ0) is 20.6. The fourth-order valence-corrected chi connectivity index (χ4v) is 9.36. The molecule has 3 saturated carbocycles. The van der Waals surface area contributed by atoms with E-state index in [1.807, 2.05) is 6.08 Å². The van der Waals surface area contributed by atoms with E-state index in [0.717, 1.165) is 44.9 Å². The van der Waals surface area contributed by atoms with Crippen molar-refractivity contribution in [1.82, 2.24) is 0 Å². The number of hydrogen-bond donors (Lipinski definition) is 0. The van der Waals surface area contributed by atoms with Gasteiger partial charge in [0.2, 0.25) is 0 Å². The van der Waals surface area contributed by atoms with Crippen LogP contribution in [0.2, 0.25) is 0 Å². The van der Waals surface area contributed by atoms with Gasteiger partial charge in [-0.3, -0.25) is 14.4 Å². The standard InChI is InChI=1S/C24H32O4S/c1-14(25)29-19-13-15-12-16(26)4-8-22(15,2)17-5-9-23(3)18(21(17)19)6-10-24(23)11-7-20(27)28-24/h12,17-19,21H,4-11,13H2,1-3H3/t17?,18?,19-,21?,22?,23?,24?/m1/s1. The van der Waals surface area contributed by atoms with Crippen LogP contribution < -0.4 is 0 Å². The van der Waals surface area contributed by atoms with E-state index >= 15 is 0 Å². The lowest BCUT2D eigenvalue weighted by Gasteiger charge is -2.61. The molecule has 29 heavy (non-hydrogen) atoms. The second kappa shape index (κ2) is 6.45. The van der Waals surface area contributed by atoms with Crippen LogP contribution in [0, 0.1) is 28.6 Å². The fraction of sp³-hybridized carbons (Fsp3) is 0.792. The Hall–Kier alpha value is -1.10. The molecule has 5 heteroatoms. The molecule has 158 valence electrons. The summed E-state index contributed by atoms with van der Waals surface area (Å²) in [5.41, 5.74) is 1.09. The van der Waals surface area contributed by atoms with Crippen LogP contribution in [0.5, 0.6) is 0 Å². The van der Waals surface area contributed by atoms with Gasteiger partial charge in [-0.05, 0) is 74.2 Å².